The van der Waals surface area contributed by atoms with Crippen molar-refractivity contribution in [2.24, 2.45) is 0 Å². The van der Waals surface area contributed by atoms with E-state index in [9.17, 15) is 19.5 Å². The molecule has 0 spiro atoms. The average Bonchev–Trinajstić information content (AvgIpc) is 3.34. The molecule has 0 unspecified atom stereocenters. The SMILES string of the molecule is C[C@@H](O)[C@H](NC(=O)c1ccc(C#Cc2ccc(NC(=O)CN3CCCC3)cc2)cc1)C(=O)NO. The number of hydrogen-bond acceptors (Lipinski definition) is 6. The minimum Gasteiger partial charge on any atom is -0.391 e. The summed E-state index contributed by atoms with van der Waals surface area (Å²) in [6, 6.07) is 12.4. The van der Waals surface area contributed by atoms with Gasteiger partial charge in [-0.2, -0.15) is 0 Å². The van der Waals surface area contributed by atoms with Crippen molar-refractivity contribution in [2.45, 2.75) is 31.9 Å². The van der Waals surface area contributed by atoms with E-state index in [1.54, 1.807) is 36.4 Å². The second-order valence-corrected chi connectivity index (χ2v) is 8.10. The molecule has 3 rings (SSSR count). The van der Waals surface area contributed by atoms with Crippen molar-refractivity contribution in [1.82, 2.24) is 15.7 Å². The van der Waals surface area contributed by atoms with Gasteiger partial charge < -0.3 is 15.7 Å². The minimum absolute atomic E-state index is 0.0263. The molecule has 1 aliphatic heterocycles. The van der Waals surface area contributed by atoms with Crippen molar-refractivity contribution in [1.29, 1.82) is 0 Å². The minimum atomic E-state index is -1.29. The highest BCUT2D eigenvalue weighted by atomic mass is 16.5. The zero-order chi connectivity index (χ0) is 24.5. The maximum absolute atomic E-state index is 12.3. The molecule has 1 heterocycles. The summed E-state index contributed by atoms with van der Waals surface area (Å²) in [7, 11) is 0. The summed E-state index contributed by atoms with van der Waals surface area (Å²) < 4.78 is 0. The van der Waals surface area contributed by atoms with Gasteiger partial charge in [-0.25, -0.2) is 5.48 Å². The monoisotopic (exact) mass is 464 g/mol. The second kappa shape index (κ2) is 12.0. The predicted octanol–water partition coefficient (Wildman–Crippen LogP) is 1.11. The van der Waals surface area contributed by atoms with E-state index in [4.69, 9.17) is 5.21 Å². The Balaban J connectivity index is 1.56. The third kappa shape index (κ3) is 7.15. The fourth-order valence-corrected chi connectivity index (χ4v) is 3.53. The second-order valence-electron chi connectivity index (χ2n) is 8.10. The number of carbonyl (C=O) groups is 3. The molecule has 1 saturated heterocycles. The van der Waals surface area contributed by atoms with E-state index in [2.05, 4.69) is 27.4 Å². The Bertz CT molecular complexity index is 1070. The van der Waals surface area contributed by atoms with Gasteiger partial charge in [0.1, 0.15) is 6.04 Å². The number of likely N-dealkylation sites (tertiary alicyclic amines) is 1. The summed E-state index contributed by atoms with van der Waals surface area (Å²) in [6.07, 6.45) is 1.10. The Kier molecular flexibility index (Phi) is 8.76. The number of amides is 3. The van der Waals surface area contributed by atoms with E-state index >= 15 is 0 Å². The van der Waals surface area contributed by atoms with Crippen molar-refractivity contribution >= 4 is 23.4 Å². The number of carbonyl (C=O) groups excluding carboxylic acids is 3. The molecule has 0 aromatic heterocycles. The largest absolute Gasteiger partial charge is 0.391 e. The molecule has 178 valence electrons. The normalized spacial score (nSPS) is 14.9. The first-order chi connectivity index (χ1) is 16.4. The Labute approximate surface area is 198 Å². The van der Waals surface area contributed by atoms with Gasteiger partial charge in [0.2, 0.25) is 5.91 Å². The molecule has 0 bridgehead atoms. The fraction of sp³-hybridized carbons (Fsp3) is 0.320. The lowest BCUT2D eigenvalue weighted by Gasteiger charge is -2.19. The van der Waals surface area contributed by atoms with Crippen LogP contribution in [0, 0.1) is 11.8 Å². The number of benzene rings is 2. The maximum Gasteiger partial charge on any atom is 0.268 e. The van der Waals surface area contributed by atoms with Crippen LogP contribution in [0.15, 0.2) is 48.5 Å². The van der Waals surface area contributed by atoms with Gasteiger partial charge in [-0.05, 0) is 81.4 Å². The smallest absolute Gasteiger partial charge is 0.268 e. The lowest BCUT2D eigenvalue weighted by molar-refractivity contribution is -0.133. The first-order valence-corrected chi connectivity index (χ1v) is 11.0. The topological polar surface area (TPSA) is 131 Å². The summed E-state index contributed by atoms with van der Waals surface area (Å²) >= 11 is 0. The summed E-state index contributed by atoms with van der Waals surface area (Å²) in [6.45, 7) is 3.67. The summed E-state index contributed by atoms with van der Waals surface area (Å²) in [5, 5.41) is 23.6. The summed E-state index contributed by atoms with van der Waals surface area (Å²) in [4.78, 5) is 38.2. The summed E-state index contributed by atoms with van der Waals surface area (Å²) in [5.41, 5.74) is 3.86. The van der Waals surface area contributed by atoms with Crippen molar-refractivity contribution < 1.29 is 24.7 Å². The van der Waals surface area contributed by atoms with E-state index in [1.807, 2.05) is 12.1 Å². The van der Waals surface area contributed by atoms with Gasteiger partial charge in [-0.3, -0.25) is 24.5 Å². The first kappa shape index (κ1) is 24.9. The number of hydroxylamine groups is 1. The van der Waals surface area contributed by atoms with Crippen LogP contribution >= 0.6 is 0 Å². The molecule has 0 saturated carbocycles. The molecule has 34 heavy (non-hydrogen) atoms. The van der Waals surface area contributed by atoms with E-state index in [1.165, 1.54) is 12.4 Å². The Morgan fingerprint density at radius 3 is 2.06 bits per heavy atom. The van der Waals surface area contributed by atoms with Gasteiger partial charge in [0.15, 0.2) is 0 Å². The van der Waals surface area contributed by atoms with Gasteiger partial charge in [-0.15, -0.1) is 0 Å². The molecule has 2 aromatic carbocycles. The molecule has 2 atom stereocenters. The van der Waals surface area contributed by atoms with E-state index in [-0.39, 0.29) is 11.5 Å². The van der Waals surface area contributed by atoms with Crippen LogP contribution in [0.4, 0.5) is 5.69 Å². The number of anilines is 1. The molecule has 9 heteroatoms. The number of nitrogens with one attached hydrogen (secondary N) is 3. The van der Waals surface area contributed by atoms with Gasteiger partial charge >= 0.3 is 0 Å². The van der Waals surface area contributed by atoms with E-state index in [0.29, 0.717) is 12.1 Å². The number of hydrogen-bond donors (Lipinski definition) is 5. The zero-order valence-corrected chi connectivity index (χ0v) is 18.9. The molecule has 5 N–H and O–H groups in total. The third-order valence-corrected chi connectivity index (χ3v) is 5.39. The van der Waals surface area contributed by atoms with Crippen LogP contribution in [0.3, 0.4) is 0 Å². The molecular formula is C25H28N4O5. The average molecular weight is 465 g/mol. The van der Waals surface area contributed by atoms with Gasteiger partial charge in [0.05, 0.1) is 12.6 Å². The molecule has 1 fully saturated rings. The first-order valence-electron chi connectivity index (χ1n) is 11.0. The molecule has 2 aromatic rings. The molecule has 3 amide bonds. The third-order valence-electron chi connectivity index (χ3n) is 5.39. The van der Waals surface area contributed by atoms with Crippen LogP contribution in [0.25, 0.3) is 0 Å². The Morgan fingerprint density at radius 1 is 0.971 bits per heavy atom. The molecule has 0 aliphatic carbocycles. The van der Waals surface area contributed by atoms with Crippen molar-refractivity contribution in [3.05, 3.63) is 65.2 Å². The molecule has 1 aliphatic rings. The molecule has 0 radical (unpaired) electrons. The maximum atomic E-state index is 12.3. The quantitative estimate of drug-likeness (QED) is 0.237. The van der Waals surface area contributed by atoms with E-state index < -0.39 is 24.0 Å². The number of aliphatic hydroxyl groups is 1. The Hall–Kier alpha value is -3.71. The van der Waals surface area contributed by atoms with Crippen LogP contribution < -0.4 is 16.1 Å². The van der Waals surface area contributed by atoms with Crippen LogP contribution in [0.5, 0.6) is 0 Å². The van der Waals surface area contributed by atoms with Crippen molar-refractivity contribution in [3.8, 4) is 11.8 Å². The van der Waals surface area contributed by atoms with Gasteiger partial charge in [0.25, 0.3) is 11.8 Å². The van der Waals surface area contributed by atoms with Crippen molar-refractivity contribution in [2.75, 3.05) is 25.0 Å². The number of aliphatic hydroxyl groups excluding tert-OH is 1. The number of rotatable bonds is 7. The highest BCUT2D eigenvalue weighted by molar-refractivity contribution is 5.97. The number of nitrogens with zero attached hydrogens (tertiary/aromatic N) is 1. The van der Waals surface area contributed by atoms with Gasteiger partial charge in [-0.1, -0.05) is 11.8 Å². The molecule has 9 nitrogen and oxygen atoms in total. The van der Waals surface area contributed by atoms with Crippen molar-refractivity contribution in [3.63, 3.8) is 0 Å². The standard InChI is InChI=1S/C25H28N4O5/c1-17(30)23(25(33)28-34)27-24(32)20-10-6-18(7-11-20)4-5-19-8-12-21(13-9-19)26-22(31)16-29-14-2-3-15-29/h6-13,17,23,30,34H,2-3,14-16H2,1H3,(H,26,31)(H,27,32)(H,28,33)/t17-,23+/m1/s1. The molecular weight excluding hydrogens is 436 g/mol. The fourth-order valence-electron chi connectivity index (χ4n) is 3.53. The van der Waals surface area contributed by atoms with Crippen LogP contribution in [0.1, 0.15) is 41.3 Å². The highest BCUT2D eigenvalue weighted by Gasteiger charge is 2.25. The van der Waals surface area contributed by atoms with Crippen LogP contribution in [-0.2, 0) is 9.59 Å². The lowest BCUT2D eigenvalue weighted by Crippen LogP contribution is -2.51. The predicted molar refractivity (Wildman–Crippen MR) is 126 cm³/mol. The zero-order valence-electron chi connectivity index (χ0n) is 18.9. The summed E-state index contributed by atoms with van der Waals surface area (Å²) in [5.74, 6) is 4.53. The van der Waals surface area contributed by atoms with Gasteiger partial charge in [0, 0.05) is 22.4 Å². The highest BCUT2D eigenvalue weighted by Crippen LogP contribution is 2.11. The lowest BCUT2D eigenvalue weighted by atomic mass is 10.1. The van der Waals surface area contributed by atoms with Crippen LogP contribution in [-0.4, -0.2) is 64.7 Å². The Morgan fingerprint density at radius 2 is 1.53 bits per heavy atom. The van der Waals surface area contributed by atoms with Crippen LogP contribution in [0.2, 0.25) is 0 Å². The van der Waals surface area contributed by atoms with E-state index in [0.717, 1.165) is 37.2 Å².